The predicted octanol–water partition coefficient (Wildman–Crippen LogP) is 2.68. The van der Waals surface area contributed by atoms with Crippen LogP contribution < -0.4 is 5.32 Å². The smallest absolute Gasteiger partial charge is 0.410 e. The molecule has 1 spiro atoms. The largest absolute Gasteiger partial charge is 0.445 e. The van der Waals surface area contributed by atoms with Gasteiger partial charge in [0.25, 0.3) is 0 Å². The maximum absolute atomic E-state index is 12.2. The number of benzene rings is 1. The predicted molar refractivity (Wildman–Crippen MR) is 83.9 cm³/mol. The van der Waals surface area contributed by atoms with Crippen LogP contribution in [0.25, 0.3) is 0 Å². The van der Waals surface area contributed by atoms with Gasteiger partial charge in [-0.2, -0.15) is 0 Å². The molecule has 0 aromatic heterocycles. The molecule has 3 rings (SSSR count). The van der Waals surface area contributed by atoms with Crippen LogP contribution in [0.5, 0.6) is 0 Å². The molecule has 124 valence electrons. The van der Waals surface area contributed by atoms with E-state index in [2.05, 4.69) is 5.32 Å². The van der Waals surface area contributed by atoms with E-state index in [4.69, 9.17) is 9.47 Å². The molecular formula is C17H22N2O4. The Labute approximate surface area is 135 Å². The fourth-order valence-electron chi connectivity index (χ4n) is 3.29. The summed E-state index contributed by atoms with van der Waals surface area (Å²) in [6.07, 6.45) is 0.520. The van der Waals surface area contributed by atoms with E-state index in [9.17, 15) is 9.59 Å². The van der Waals surface area contributed by atoms with E-state index in [0.717, 1.165) is 5.56 Å². The number of nitrogens with one attached hydrogen (secondary N) is 1. The topological polar surface area (TPSA) is 67.9 Å². The van der Waals surface area contributed by atoms with E-state index in [0.29, 0.717) is 25.9 Å². The number of amides is 2. The van der Waals surface area contributed by atoms with E-state index in [1.165, 1.54) is 0 Å². The van der Waals surface area contributed by atoms with Gasteiger partial charge >= 0.3 is 12.2 Å². The summed E-state index contributed by atoms with van der Waals surface area (Å²) >= 11 is 0. The number of likely N-dealkylation sites (tertiary alicyclic amines) is 1. The van der Waals surface area contributed by atoms with E-state index in [-0.39, 0.29) is 18.8 Å². The zero-order valence-electron chi connectivity index (χ0n) is 13.5. The highest BCUT2D eigenvalue weighted by Gasteiger charge is 2.56. The van der Waals surface area contributed by atoms with Crippen LogP contribution in [0.1, 0.15) is 32.3 Å². The van der Waals surface area contributed by atoms with Gasteiger partial charge in [0.05, 0.1) is 5.54 Å². The highest BCUT2D eigenvalue weighted by molar-refractivity contribution is 5.72. The standard InChI is InChI=1S/C17H22N2O4/c1-16(2)17(23-14(20)18-16)8-10-19(11-9-17)15(21)22-12-13-6-4-3-5-7-13/h3-7H,8-12H2,1-2H3,(H,18,20). The van der Waals surface area contributed by atoms with Crippen molar-refractivity contribution in [2.75, 3.05) is 13.1 Å². The number of carbonyl (C=O) groups excluding carboxylic acids is 2. The average Bonchev–Trinajstić information content (AvgIpc) is 2.75. The minimum absolute atomic E-state index is 0.267. The first-order chi connectivity index (χ1) is 10.9. The number of hydrogen-bond acceptors (Lipinski definition) is 4. The fraction of sp³-hybridized carbons (Fsp3) is 0.529. The summed E-state index contributed by atoms with van der Waals surface area (Å²) in [5.74, 6) is 0. The molecule has 2 fully saturated rings. The van der Waals surface area contributed by atoms with Gasteiger partial charge in [-0.3, -0.25) is 0 Å². The maximum Gasteiger partial charge on any atom is 0.410 e. The van der Waals surface area contributed by atoms with Crippen molar-refractivity contribution < 1.29 is 19.1 Å². The summed E-state index contributed by atoms with van der Waals surface area (Å²) in [7, 11) is 0. The summed E-state index contributed by atoms with van der Waals surface area (Å²) < 4.78 is 10.9. The summed E-state index contributed by atoms with van der Waals surface area (Å²) in [6.45, 7) is 5.23. The van der Waals surface area contributed by atoms with Gasteiger partial charge in [-0.05, 0) is 19.4 Å². The summed E-state index contributed by atoms with van der Waals surface area (Å²) in [5, 5.41) is 2.85. The van der Waals surface area contributed by atoms with Gasteiger partial charge in [0.15, 0.2) is 0 Å². The van der Waals surface area contributed by atoms with Crippen LogP contribution in [-0.2, 0) is 16.1 Å². The van der Waals surface area contributed by atoms with Crippen LogP contribution in [0.3, 0.4) is 0 Å². The highest BCUT2D eigenvalue weighted by Crippen LogP contribution is 2.40. The molecule has 2 saturated heterocycles. The molecule has 2 aliphatic rings. The maximum atomic E-state index is 12.2. The van der Waals surface area contributed by atoms with E-state index < -0.39 is 11.1 Å². The molecule has 0 unspecified atom stereocenters. The molecular weight excluding hydrogens is 296 g/mol. The Kier molecular flexibility index (Phi) is 3.92. The van der Waals surface area contributed by atoms with Crippen molar-refractivity contribution in [3.8, 4) is 0 Å². The highest BCUT2D eigenvalue weighted by atomic mass is 16.6. The molecule has 2 amide bonds. The lowest BCUT2D eigenvalue weighted by Gasteiger charge is -2.43. The number of rotatable bonds is 2. The van der Waals surface area contributed by atoms with Gasteiger partial charge in [-0.15, -0.1) is 0 Å². The van der Waals surface area contributed by atoms with Crippen molar-refractivity contribution in [3.05, 3.63) is 35.9 Å². The quantitative estimate of drug-likeness (QED) is 0.910. The molecule has 6 heteroatoms. The Bertz CT molecular complexity index is 592. The molecule has 6 nitrogen and oxygen atoms in total. The normalized spacial score (nSPS) is 21.7. The third-order valence-electron chi connectivity index (χ3n) is 4.88. The third-order valence-corrected chi connectivity index (χ3v) is 4.88. The van der Waals surface area contributed by atoms with Crippen molar-refractivity contribution in [1.82, 2.24) is 10.2 Å². The number of alkyl carbamates (subject to hydrolysis) is 1. The van der Waals surface area contributed by atoms with Gasteiger partial charge in [-0.25, -0.2) is 9.59 Å². The van der Waals surface area contributed by atoms with Gasteiger partial charge in [-0.1, -0.05) is 30.3 Å². The summed E-state index contributed by atoms with van der Waals surface area (Å²) in [6, 6.07) is 9.60. The number of ether oxygens (including phenoxy) is 2. The second-order valence-corrected chi connectivity index (χ2v) is 6.66. The fourth-order valence-corrected chi connectivity index (χ4v) is 3.29. The SMILES string of the molecule is CC1(C)NC(=O)OC12CCN(C(=O)OCc1ccccc1)CC2. The summed E-state index contributed by atoms with van der Waals surface area (Å²) in [4.78, 5) is 25.4. The minimum Gasteiger partial charge on any atom is -0.445 e. The van der Waals surface area contributed by atoms with Crippen LogP contribution in [0.4, 0.5) is 9.59 Å². The minimum atomic E-state index is -0.541. The van der Waals surface area contributed by atoms with Crippen LogP contribution >= 0.6 is 0 Å². The summed E-state index contributed by atoms with van der Waals surface area (Å²) in [5.41, 5.74) is -0.00545. The second kappa shape index (κ2) is 5.76. The zero-order chi connectivity index (χ0) is 16.5. The molecule has 2 aliphatic heterocycles. The van der Waals surface area contributed by atoms with Crippen LogP contribution in [0, 0.1) is 0 Å². The molecule has 23 heavy (non-hydrogen) atoms. The lowest BCUT2D eigenvalue weighted by atomic mass is 9.76. The lowest BCUT2D eigenvalue weighted by molar-refractivity contribution is -0.0392. The molecule has 0 saturated carbocycles. The molecule has 0 atom stereocenters. The first kappa shape index (κ1) is 15.6. The van der Waals surface area contributed by atoms with Crippen molar-refractivity contribution in [3.63, 3.8) is 0 Å². The zero-order valence-corrected chi connectivity index (χ0v) is 13.5. The van der Waals surface area contributed by atoms with E-state index >= 15 is 0 Å². The van der Waals surface area contributed by atoms with Crippen molar-refractivity contribution in [2.45, 2.75) is 44.4 Å². The molecule has 2 heterocycles. The number of nitrogens with zero attached hydrogens (tertiary/aromatic N) is 1. The Morgan fingerprint density at radius 1 is 1.26 bits per heavy atom. The van der Waals surface area contributed by atoms with Gasteiger partial charge in [0.1, 0.15) is 12.2 Å². The van der Waals surface area contributed by atoms with Crippen LogP contribution in [0.2, 0.25) is 0 Å². The van der Waals surface area contributed by atoms with Crippen molar-refractivity contribution in [1.29, 1.82) is 0 Å². The first-order valence-corrected chi connectivity index (χ1v) is 7.89. The molecule has 0 aliphatic carbocycles. The number of piperidine rings is 1. The monoisotopic (exact) mass is 318 g/mol. The average molecular weight is 318 g/mol. The van der Waals surface area contributed by atoms with E-state index in [1.807, 2.05) is 44.2 Å². The number of carbonyl (C=O) groups is 2. The van der Waals surface area contributed by atoms with Crippen LogP contribution in [0.15, 0.2) is 30.3 Å². The van der Waals surface area contributed by atoms with Gasteiger partial charge < -0.3 is 19.7 Å². The molecule has 1 N–H and O–H groups in total. The van der Waals surface area contributed by atoms with Crippen LogP contribution in [-0.4, -0.2) is 41.3 Å². The Hall–Kier alpha value is -2.24. The van der Waals surface area contributed by atoms with Crippen molar-refractivity contribution in [2.24, 2.45) is 0 Å². The van der Waals surface area contributed by atoms with Gasteiger partial charge in [0.2, 0.25) is 0 Å². The molecule has 1 aromatic carbocycles. The number of hydrogen-bond donors (Lipinski definition) is 1. The first-order valence-electron chi connectivity index (χ1n) is 7.89. The van der Waals surface area contributed by atoms with Crippen molar-refractivity contribution >= 4 is 12.2 Å². The molecule has 0 radical (unpaired) electrons. The molecule has 1 aromatic rings. The Balaban J connectivity index is 1.55. The third kappa shape index (κ3) is 2.98. The van der Waals surface area contributed by atoms with E-state index in [1.54, 1.807) is 4.90 Å². The lowest BCUT2D eigenvalue weighted by Crippen LogP contribution is -2.58. The Morgan fingerprint density at radius 3 is 2.48 bits per heavy atom. The van der Waals surface area contributed by atoms with Gasteiger partial charge in [0, 0.05) is 25.9 Å². The second-order valence-electron chi connectivity index (χ2n) is 6.66. The molecule has 0 bridgehead atoms. The Morgan fingerprint density at radius 2 is 1.91 bits per heavy atom.